The molecule has 0 spiro atoms. The number of rotatable bonds is 2. The fourth-order valence-corrected chi connectivity index (χ4v) is 2.57. The van der Waals surface area contributed by atoms with E-state index in [2.05, 4.69) is 5.32 Å². The Morgan fingerprint density at radius 3 is 2.95 bits per heavy atom. The quantitative estimate of drug-likeness (QED) is 0.877. The topological polar surface area (TPSA) is 52.6 Å². The second-order valence-electron chi connectivity index (χ2n) is 5.09. The first kappa shape index (κ1) is 14.7. The van der Waals surface area contributed by atoms with E-state index in [9.17, 15) is 18.7 Å². The van der Waals surface area contributed by atoms with Gasteiger partial charge in [-0.2, -0.15) is 0 Å². The molecule has 110 valence electrons. The van der Waals surface area contributed by atoms with E-state index in [0.29, 0.717) is 6.54 Å². The van der Waals surface area contributed by atoms with Crippen LogP contribution in [0.4, 0.5) is 19.3 Å². The Balaban J connectivity index is 2.12. The summed E-state index contributed by atoms with van der Waals surface area (Å²) in [6.07, 6.45) is 1.76. The number of benzene rings is 1. The highest BCUT2D eigenvalue weighted by atomic mass is 19.2. The van der Waals surface area contributed by atoms with Crippen LogP contribution in [0.25, 0.3) is 0 Å². The number of piperidine rings is 1. The molecule has 2 N–H and O–H groups in total. The molecule has 2 rings (SSSR count). The summed E-state index contributed by atoms with van der Waals surface area (Å²) in [5.74, 6) is -1.91. The zero-order valence-corrected chi connectivity index (χ0v) is 11.3. The second kappa shape index (κ2) is 6.17. The SMILES string of the molecule is CC1CCCN(C(=O)Nc2cccc(F)c2F)C1CO. The molecule has 1 heterocycles. The van der Waals surface area contributed by atoms with Gasteiger partial charge in [-0.1, -0.05) is 13.0 Å². The summed E-state index contributed by atoms with van der Waals surface area (Å²) in [5, 5.41) is 11.8. The first-order valence-electron chi connectivity index (χ1n) is 6.67. The fourth-order valence-electron chi connectivity index (χ4n) is 2.57. The van der Waals surface area contributed by atoms with Crippen LogP contribution in [-0.2, 0) is 0 Å². The van der Waals surface area contributed by atoms with Crippen LogP contribution in [0.1, 0.15) is 19.8 Å². The minimum absolute atomic E-state index is 0.139. The monoisotopic (exact) mass is 284 g/mol. The third-order valence-electron chi connectivity index (χ3n) is 3.76. The first-order valence-corrected chi connectivity index (χ1v) is 6.67. The number of amides is 2. The molecule has 2 atom stereocenters. The summed E-state index contributed by atoms with van der Waals surface area (Å²) in [6.45, 7) is 2.32. The van der Waals surface area contributed by atoms with E-state index < -0.39 is 17.7 Å². The predicted octanol–water partition coefficient (Wildman–Crippen LogP) is 2.59. The van der Waals surface area contributed by atoms with Crippen LogP contribution in [-0.4, -0.2) is 35.2 Å². The Morgan fingerprint density at radius 1 is 1.50 bits per heavy atom. The number of nitrogens with zero attached hydrogens (tertiary/aromatic N) is 1. The van der Waals surface area contributed by atoms with Crippen LogP contribution in [0.2, 0.25) is 0 Å². The van der Waals surface area contributed by atoms with Gasteiger partial charge in [0.2, 0.25) is 0 Å². The molecule has 0 aromatic heterocycles. The van der Waals surface area contributed by atoms with Crippen LogP contribution in [0, 0.1) is 17.6 Å². The van der Waals surface area contributed by atoms with E-state index in [1.54, 1.807) is 0 Å². The molecular formula is C14H18F2N2O2. The first-order chi connectivity index (χ1) is 9.54. The van der Waals surface area contributed by atoms with Crippen molar-refractivity contribution in [2.45, 2.75) is 25.8 Å². The zero-order chi connectivity index (χ0) is 14.7. The smallest absolute Gasteiger partial charge is 0.322 e. The van der Waals surface area contributed by atoms with Gasteiger partial charge >= 0.3 is 6.03 Å². The van der Waals surface area contributed by atoms with E-state index >= 15 is 0 Å². The number of hydrogen-bond acceptors (Lipinski definition) is 2. The van der Waals surface area contributed by atoms with Gasteiger partial charge in [-0.15, -0.1) is 0 Å². The van der Waals surface area contributed by atoms with Crippen molar-refractivity contribution in [3.8, 4) is 0 Å². The van der Waals surface area contributed by atoms with Gasteiger partial charge in [0.05, 0.1) is 18.3 Å². The van der Waals surface area contributed by atoms with Crippen LogP contribution in [0.5, 0.6) is 0 Å². The number of aliphatic hydroxyl groups excluding tert-OH is 1. The third kappa shape index (κ3) is 2.90. The molecule has 0 saturated carbocycles. The fraction of sp³-hybridized carbons (Fsp3) is 0.500. The molecule has 1 fully saturated rings. The van der Waals surface area contributed by atoms with Gasteiger partial charge in [-0.25, -0.2) is 13.6 Å². The van der Waals surface area contributed by atoms with Crippen molar-refractivity contribution in [1.82, 2.24) is 4.90 Å². The van der Waals surface area contributed by atoms with E-state index in [0.717, 1.165) is 18.9 Å². The summed E-state index contributed by atoms with van der Waals surface area (Å²) in [7, 11) is 0. The van der Waals surface area contributed by atoms with Crippen molar-refractivity contribution < 1.29 is 18.7 Å². The lowest BCUT2D eigenvalue weighted by Crippen LogP contribution is -2.51. The van der Waals surface area contributed by atoms with Gasteiger partial charge in [0.1, 0.15) is 0 Å². The van der Waals surface area contributed by atoms with Crippen molar-refractivity contribution in [1.29, 1.82) is 0 Å². The molecule has 6 heteroatoms. The van der Waals surface area contributed by atoms with Crippen LogP contribution in [0.15, 0.2) is 18.2 Å². The maximum absolute atomic E-state index is 13.5. The lowest BCUT2D eigenvalue weighted by atomic mass is 9.91. The summed E-state index contributed by atoms with van der Waals surface area (Å²) in [5.41, 5.74) is -0.190. The van der Waals surface area contributed by atoms with Gasteiger partial charge in [0, 0.05) is 6.54 Å². The van der Waals surface area contributed by atoms with Crippen LogP contribution in [0.3, 0.4) is 0 Å². The number of nitrogens with one attached hydrogen (secondary N) is 1. The third-order valence-corrected chi connectivity index (χ3v) is 3.76. The molecule has 1 aromatic rings. The van der Waals surface area contributed by atoms with Crippen molar-refractivity contribution in [3.05, 3.63) is 29.8 Å². The second-order valence-corrected chi connectivity index (χ2v) is 5.09. The molecular weight excluding hydrogens is 266 g/mol. The Hall–Kier alpha value is -1.69. The number of carbonyl (C=O) groups excluding carboxylic acids is 1. The number of hydrogen-bond donors (Lipinski definition) is 2. The molecule has 2 unspecified atom stereocenters. The number of urea groups is 1. The maximum Gasteiger partial charge on any atom is 0.322 e. The molecule has 4 nitrogen and oxygen atoms in total. The number of aliphatic hydroxyl groups is 1. The molecule has 1 saturated heterocycles. The molecule has 2 amide bonds. The van der Waals surface area contributed by atoms with Crippen molar-refractivity contribution >= 4 is 11.7 Å². The van der Waals surface area contributed by atoms with Gasteiger partial charge < -0.3 is 15.3 Å². The summed E-state index contributed by atoms with van der Waals surface area (Å²) in [6, 6.07) is 2.82. The Labute approximate surface area is 116 Å². The zero-order valence-electron chi connectivity index (χ0n) is 11.3. The van der Waals surface area contributed by atoms with Gasteiger partial charge in [-0.05, 0) is 30.9 Å². The van der Waals surface area contributed by atoms with Crippen molar-refractivity contribution in [2.24, 2.45) is 5.92 Å². The molecule has 0 bridgehead atoms. The van der Waals surface area contributed by atoms with E-state index in [1.165, 1.54) is 17.0 Å². The minimum Gasteiger partial charge on any atom is -0.394 e. The van der Waals surface area contributed by atoms with Gasteiger partial charge in [0.25, 0.3) is 0 Å². The summed E-state index contributed by atoms with van der Waals surface area (Å²) in [4.78, 5) is 13.6. The number of carbonyl (C=O) groups is 1. The molecule has 1 aliphatic heterocycles. The van der Waals surface area contributed by atoms with E-state index in [-0.39, 0.29) is 24.3 Å². The Kier molecular flexibility index (Phi) is 4.54. The Bertz CT molecular complexity index is 496. The van der Waals surface area contributed by atoms with Gasteiger partial charge in [0.15, 0.2) is 11.6 Å². The lowest BCUT2D eigenvalue weighted by Gasteiger charge is -2.38. The summed E-state index contributed by atoms with van der Waals surface area (Å²) >= 11 is 0. The standard InChI is InChI=1S/C14H18F2N2O2/c1-9-4-3-7-18(12(9)8-19)14(20)17-11-6-2-5-10(15)13(11)16/h2,5-6,9,12,19H,3-4,7-8H2,1H3,(H,17,20). The van der Waals surface area contributed by atoms with Crippen molar-refractivity contribution in [3.63, 3.8) is 0 Å². The van der Waals surface area contributed by atoms with Crippen LogP contribution < -0.4 is 5.32 Å². The largest absolute Gasteiger partial charge is 0.394 e. The normalized spacial score (nSPS) is 22.7. The maximum atomic E-state index is 13.5. The molecule has 1 aromatic carbocycles. The number of anilines is 1. The molecule has 0 aliphatic carbocycles. The van der Waals surface area contributed by atoms with Crippen molar-refractivity contribution in [2.75, 3.05) is 18.5 Å². The average Bonchev–Trinajstić information content (AvgIpc) is 2.43. The highest BCUT2D eigenvalue weighted by Gasteiger charge is 2.31. The highest BCUT2D eigenvalue weighted by molar-refractivity contribution is 5.89. The highest BCUT2D eigenvalue weighted by Crippen LogP contribution is 2.24. The average molecular weight is 284 g/mol. The lowest BCUT2D eigenvalue weighted by molar-refractivity contribution is 0.0811. The minimum atomic E-state index is -1.08. The number of likely N-dealkylation sites (tertiary alicyclic amines) is 1. The molecule has 0 radical (unpaired) electrons. The van der Waals surface area contributed by atoms with Gasteiger partial charge in [-0.3, -0.25) is 0 Å². The Morgan fingerprint density at radius 2 is 2.25 bits per heavy atom. The molecule has 20 heavy (non-hydrogen) atoms. The predicted molar refractivity (Wildman–Crippen MR) is 71.4 cm³/mol. The molecule has 1 aliphatic rings. The summed E-state index contributed by atoms with van der Waals surface area (Å²) < 4.78 is 26.6. The number of halogens is 2. The van der Waals surface area contributed by atoms with E-state index in [1.807, 2.05) is 6.92 Å². The van der Waals surface area contributed by atoms with E-state index in [4.69, 9.17) is 0 Å². The van der Waals surface area contributed by atoms with Crippen LogP contribution >= 0.6 is 0 Å².